The second-order valence-electron chi connectivity index (χ2n) is 4.37. The Bertz CT molecular complexity index is 356. The van der Waals surface area contributed by atoms with Gasteiger partial charge in [0.05, 0.1) is 0 Å². The van der Waals surface area contributed by atoms with Crippen molar-refractivity contribution < 1.29 is 0 Å². The highest BCUT2D eigenvalue weighted by atomic mass is 15.2. The summed E-state index contributed by atoms with van der Waals surface area (Å²) in [7, 11) is 0. The molecule has 2 aliphatic rings. The first kappa shape index (κ1) is 9.16. The third kappa shape index (κ3) is 1.72. The lowest BCUT2D eigenvalue weighted by Gasteiger charge is -2.28. The minimum Gasteiger partial charge on any atom is -0.354 e. The largest absolute Gasteiger partial charge is 0.354 e. The van der Waals surface area contributed by atoms with Gasteiger partial charge in [0.15, 0.2) is 0 Å². The zero-order valence-electron chi connectivity index (χ0n) is 9.00. The second-order valence-corrected chi connectivity index (χ2v) is 4.37. The minimum atomic E-state index is 1.08. The molecule has 15 heavy (non-hydrogen) atoms. The number of fused-ring (bicyclic) bond motifs is 1. The average molecular weight is 203 g/mol. The van der Waals surface area contributed by atoms with E-state index < -0.39 is 0 Å². The van der Waals surface area contributed by atoms with Gasteiger partial charge in [-0.1, -0.05) is 6.07 Å². The van der Waals surface area contributed by atoms with E-state index in [4.69, 9.17) is 4.98 Å². The van der Waals surface area contributed by atoms with Crippen LogP contribution in [0.4, 0.5) is 5.82 Å². The van der Waals surface area contributed by atoms with E-state index in [-0.39, 0.29) is 0 Å². The Balaban J connectivity index is 1.85. The summed E-state index contributed by atoms with van der Waals surface area (Å²) in [6.45, 7) is 4.34. The molecular formula is C12H17N3. The molecule has 1 aliphatic heterocycles. The van der Waals surface area contributed by atoms with Crippen molar-refractivity contribution in [3.8, 4) is 0 Å². The van der Waals surface area contributed by atoms with Crippen molar-refractivity contribution in [2.45, 2.75) is 19.3 Å². The first-order valence-electron chi connectivity index (χ1n) is 5.88. The molecule has 80 valence electrons. The van der Waals surface area contributed by atoms with Crippen molar-refractivity contribution >= 4 is 5.82 Å². The van der Waals surface area contributed by atoms with Crippen LogP contribution in [0.1, 0.15) is 17.7 Å². The van der Waals surface area contributed by atoms with E-state index in [1.165, 1.54) is 36.3 Å². The number of rotatable bonds is 1. The standard InChI is InChI=1S/C12H17N3/c1-2-10-4-5-12(14-11(10)3-1)15-8-6-13-7-9-15/h4-5,13H,1-3,6-9H2. The number of pyridine rings is 1. The molecule has 2 heterocycles. The summed E-state index contributed by atoms with van der Waals surface area (Å²) in [5.74, 6) is 1.18. The summed E-state index contributed by atoms with van der Waals surface area (Å²) in [4.78, 5) is 7.16. The van der Waals surface area contributed by atoms with Gasteiger partial charge >= 0.3 is 0 Å². The molecule has 3 rings (SSSR count). The number of anilines is 1. The van der Waals surface area contributed by atoms with Gasteiger partial charge in [-0.15, -0.1) is 0 Å². The summed E-state index contributed by atoms with van der Waals surface area (Å²) in [5, 5.41) is 3.37. The first-order chi connectivity index (χ1) is 7.43. The number of hydrogen-bond donors (Lipinski definition) is 1. The molecule has 1 saturated heterocycles. The van der Waals surface area contributed by atoms with E-state index in [1.54, 1.807) is 0 Å². The summed E-state index contributed by atoms with van der Waals surface area (Å²) < 4.78 is 0. The number of nitrogens with one attached hydrogen (secondary N) is 1. The Morgan fingerprint density at radius 3 is 2.87 bits per heavy atom. The van der Waals surface area contributed by atoms with Crippen molar-refractivity contribution in [3.05, 3.63) is 23.4 Å². The Morgan fingerprint density at radius 2 is 2.00 bits per heavy atom. The van der Waals surface area contributed by atoms with Gasteiger partial charge < -0.3 is 10.2 Å². The molecule has 0 bridgehead atoms. The Labute approximate surface area is 90.5 Å². The summed E-state index contributed by atoms with van der Waals surface area (Å²) >= 11 is 0. The van der Waals surface area contributed by atoms with Crippen LogP contribution in [-0.4, -0.2) is 31.2 Å². The Hall–Kier alpha value is -1.09. The minimum absolute atomic E-state index is 1.08. The van der Waals surface area contributed by atoms with Gasteiger partial charge in [0.1, 0.15) is 5.82 Å². The maximum absolute atomic E-state index is 4.78. The number of aromatic nitrogens is 1. The first-order valence-corrected chi connectivity index (χ1v) is 5.88. The lowest BCUT2D eigenvalue weighted by atomic mass is 10.2. The Morgan fingerprint density at radius 1 is 1.13 bits per heavy atom. The molecule has 3 nitrogen and oxygen atoms in total. The third-order valence-corrected chi connectivity index (χ3v) is 3.35. The molecule has 1 aromatic heterocycles. The molecule has 0 spiro atoms. The zero-order valence-corrected chi connectivity index (χ0v) is 9.00. The van der Waals surface area contributed by atoms with Crippen LogP contribution in [0, 0.1) is 0 Å². The van der Waals surface area contributed by atoms with Crippen LogP contribution in [0.15, 0.2) is 12.1 Å². The molecule has 1 fully saturated rings. The zero-order chi connectivity index (χ0) is 10.1. The monoisotopic (exact) mass is 203 g/mol. The van der Waals surface area contributed by atoms with E-state index in [1.807, 2.05) is 0 Å². The van der Waals surface area contributed by atoms with E-state index in [0.717, 1.165) is 26.2 Å². The fourth-order valence-electron chi connectivity index (χ4n) is 2.48. The van der Waals surface area contributed by atoms with Crippen LogP contribution >= 0.6 is 0 Å². The van der Waals surface area contributed by atoms with Crippen LogP contribution in [-0.2, 0) is 12.8 Å². The fraction of sp³-hybridized carbons (Fsp3) is 0.583. The predicted molar refractivity (Wildman–Crippen MR) is 61.3 cm³/mol. The lowest BCUT2D eigenvalue weighted by Crippen LogP contribution is -2.43. The molecule has 0 radical (unpaired) electrons. The molecule has 0 saturated carbocycles. The van der Waals surface area contributed by atoms with E-state index in [0.29, 0.717) is 0 Å². The predicted octanol–water partition coefficient (Wildman–Crippen LogP) is 0.980. The normalized spacial score (nSPS) is 20.4. The molecule has 0 amide bonds. The van der Waals surface area contributed by atoms with E-state index in [2.05, 4.69) is 22.3 Å². The molecular weight excluding hydrogens is 186 g/mol. The van der Waals surface area contributed by atoms with E-state index >= 15 is 0 Å². The number of nitrogens with zero attached hydrogens (tertiary/aromatic N) is 2. The number of hydrogen-bond acceptors (Lipinski definition) is 3. The van der Waals surface area contributed by atoms with Crippen LogP contribution < -0.4 is 10.2 Å². The number of piperazine rings is 1. The maximum Gasteiger partial charge on any atom is 0.128 e. The van der Waals surface area contributed by atoms with Gasteiger partial charge in [-0.05, 0) is 30.9 Å². The lowest BCUT2D eigenvalue weighted by molar-refractivity contribution is 0.584. The average Bonchev–Trinajstić information content (AvgIpc) is 2.77. The smallest absolute Gasteiger partial charge is 0.128 e. The highest BCUT2D eigenvalue weighted by Crippen LogP contribution is 2.23. The molecule has 1 aromatic rings. The second kappa shape index (κ2) is 3.81. The maximum atomic E-state index is 4.78. The van der Waals surface area contributed by atoms with Gasteiger partial charge in [0.2, 0.25) is 0 Å². The van der Waals surface area contributed by atoms with Crippen molar-refractivity contribution in [1.29, 1.82) is 0 Å². The molecule has 0 unspecified atom stereocenters. The van der Waals surface area contributed by atoms with Gasteiger partial charge in [-0.2, -0.15) is 0 Å². The van der Waals surface area contributed by atoms with Crippen LogP contribution in [0.2, 0.25) is 0 Å². The van der Waals surface area contributed by atoms with Gasteiger partial charge in [0, 0.05) is 31.9 Å². The topological polar surface area (TPSA) is 28.2 Å². The highest BCUT2D eigenvalue weighted by Gasteiger charge is 2.16. The quantitative estimate of drug-likeness (QED) is 0.737. The molecule has 3 heteroatoms. The van der Waals surface area contributed by atoms with Gasteiger partial charge in [-0.25, -0.2) is 4.98 Å². The molecule has 0 atom stereocenters. The summed E-state index contributed by atoms with van der Waals surface area (Å²) in [6.07, 6.45) is 3.69. The van der Waals surface area contributed by atoms with Gasteiger partial charge in [-0.3, -0.25) is 0 Å². The van der Waals surface area contributed by atoms with Crippen molar-refractivity contribution in [3.63, 3.8) is 0 Å². The molecule has 1 N–H and O–H groups in total. The van der Waals surface area contributed by atoms with E-state index in [9.17, 15) is 0 Å². The summed E-state index contributed by atoms with van der Waals surface area (Å²) in [6, 6.07) is 4.46. The van der Waals surface area contributed by atoms with Crippen LogP contribution in [0.25, 0.3) is 0 Å². The van der Waals surface area contributed by atoms with Crippen LogP contribution in [0.5, 0.6) is 0 Å². The van der Waals surface area contributed by atoms with Crippen molar-refractivity contribution in [1.82, 2.24) is 10.3 Å². The molecule has 0 aromatic carbocycles. The highest BCUT2D eigenvalue weighted by molar-refractivity contribution is 5.43. The van der Waals surface area contributed by atoms with Crippen molar-refractivity contribution in [2.75, 3.05) is 31.1 Å². The Kier molecular flexibility index (Phi) is 2.33. The number of aryl methyl sites for hydroxylation is 2. The van der Waals surface area contributed by atoms with Crippen LogP contribution in [0.3, 0.4) is 0 Å². The van der Waals surface area contributed by atoms with Crippen molar-refractivity contribution in [2.24, 2.45) is 0 Å². The third-order valence-electron chi connectivity index (χ3n) is 3.35. The molecule has 1 aliphatic carbocycles. The summed E-state index contributed by atoms with van der Waals surface area (Å²) in [5.41, 5.74) is 2.81. The fourth-order valence-corrected chi connectivity index (χ4v) is 2.48. The SMILES string of the molecule is c1cc2c(nc1N1CCNCC1)CCC2. The van der Waals surface area contributed by atoms with Gasteiger partial charge in [0.25, 0.3) is 0 Å².